The number of aliphatic imine (C=N–C) groups is 2. The van der Waals surface area contributed by atoms with E-state index in [-0.39, 0.29) is 0 Å². The summed E-state index contributed by atoms with van der Waals surface area (Å²) in [4.78, 5) is 10.6. The molecule has 0 bridgehead atoms. The number of fused-ring (bicyclic) bond motifs is 8. The fourth-order valence-electron chi connectivity index (χ4n) is 9.32. The predicted octanol–water partition coefficient (Wildman–Crippen LogP) is 12.1. The molecule has 1 N–H and O–H groups in total. The lowest BCUT2D eigenvalue weighted by molar-refractivity contribution is 0.436. The lowest BCUT2D eigenvalue weighted by Gasteiger charge is -2.40. The van der Waals surface area contributed by atoms with Crippen molar-refractivity contribution in [2.75, 3.05) is 0 Å². The third-order valence-corrected chi connectivity index (χ3v) is 11.7. The van der Waals surface area contributed by atoms with Crippen LogP contribution in [0.2, 0.25) is 0 Å². The van der Waals surface area contributed by atoms with Crippen LogP contribution in [0.5, 0.6) is 11.5 Å². The van der Waals surface area contributed by atoms with Crippen molar-refractivity contribution in [1.82, 2.24) is 5.32 Å². The van der Waals surface area contributed by atoms with Gasteiger partial charge in [-0.15, -0.1) is 0 Å². The van der Waals surface area contributed by atoms with Crippen molar-refractivity contribution in [1.29, 1.82) is 0 Å². The van der Waals surface area contributed by atoms with Crippen LogP contribution in [0.1, 0.15) is 58.0 Å². The Morgan fingerprint density at radius 1 is 0.500 bits per heavy atom. The van der Waals surface area contributed by atoms with Crippen LogP contribution in [0.15, 0.2) is 204 Å². The lowest BCUT2D eigenvalue weighted by Crippen LogP contribution is -2.36. The van der Waals surface area contributed by atoms with Gasteiger partial charge in [-0.2, -0.15) is 0 Å². The molecule has 4 heteroatoms. The zero-order chi connectivity index (χ0) is 37.1. The van der Waals surface area contributed by atoms with Gasteiger partial charge >= 0.3 is 0 Å². The molecule has 0 aromatic heterocycles. The molecule has 56 heavy (non-hydrogen) atoms. The van der Waals surface area contributed by atoms with E-state index in [1.54, 1.807) is 0 Å². The molecule has 2 atom stereocenters. The van der Waals surface area contributed by atoms with Gasteiger partial charge in [0.25, 0.3) is 0 Å². The molecule has 7 aromatic rings. The maximum Gasteiger partial charge on any atom is 0.170 e. The number of hydrogen-bond acceptors (Lipinski definition) is 4. The quantitative estimate of drug-likeness (QED) is 0.192. The third kappa shape index (κ3) is 4.99. The first kappa shape index (κ1) is 32.4. The fourth-order valence-corrected chi connectivity index (χ4v) is 9.32. The highest BCUT2D eigenvalue weighted by Crippen LogP contribution is 2.62. The van der Waals surface area contributed by atoms with Crippen LogP contribution in [0, 0.1) is 0 Å². The number of hydrogen-bond donors (Lipinski definition) is 1. The smallest absolute Gasteiger partial charge is 0.170 e. The first-order valence-corrected chi connectivity index (χ1v) is 19.4. The summed E-state index contributed by atoms with van der Waals surface area (Å²) < 4.78 is 6.90. The first-order valence-electron chi connectivity index (χ1n) is 19.4. The third-order valence-electron chi connectivity index (χ3n) is 11.7. The van der Waals surface area contributed by atoms with Crippen LogP contribution in [0.4, 0.5) is 0 Å². The molecule has 266 valence electrons. The zero-order valence-corrected chi connectivity index (χ0v) is 30.7. The van der Waals surface area contributed by atoms with Gasteiger partial charge in [0.2, 0.25) is 0 Å². The number of nitrogens with zero attached hydrogens (tertiary/aromatic N) is 2. The molecule has 0 saturated heterocycles. The number of ether oxygens (including phenoxy) is 1. The molecule has 1 spiro atoms. The molecule has 11 rings (SSSR count). The van der Waals surface area contributed by atoms with Crippen LogP contribution in [-0.4, -0.2) is 11.7 Å². The largest absolute Gasteiger partial charge is 0.457 e. The van der Waals surface area contributed by atoms with Crippen LogP contribution in [-0.2, 0) is 5.41 Å². The molecule has 4 aliphatic rings. The maximum absolute atomic E-state index is 6.90. The van der Waals surface area contributed by atoms with Crippen molar-refractivity contribution in [3.63, 3.8) is 0 Å². The molecule has 7 aromatic carbocycles. The molecule has 0 fully saturated rings. The first-order chi connectivity index (χ1) is 27.8. The summed E-state index contributed by atoms with van der Waals surface area (Å²) in [7, 11) is 0. The van der Waals surface area contributed by atoms with E-state index in [1.807, 2.05) is 12.1 Å². The average molecular weight is 720 g/mol. The molecule has 0 amide bonds. The normalized spacial score (nSPS) is 18.8. The Bertz CT molecular complexity index is 2810. The van der Waals surface area contributed by atoms with Gasteiger partial charge in [-0.05, 0) is 69.5 Å². The van der Waals surface area contributed by atoms with E-state index >= 15 is 0 Å². The van der Waals surface area contributed by atoms with Crippen molar-refractivity contribution < 1.29 is 4.74 Å². The van der Waals surface area contributed by atoms with E-state index in [0.29, 0.717) is 0 Å². The van der Waals surface area contributed by atoms with Gasteiger partial charge in [-0.3, -0.25) is 0 Å². The van der Waals surface area contributed by atoms with E-state index < -0.39 is 11.6 Å². The lowest BCUT2D eigenvalue weighted by atomic mass is 9.64. The van der Waals surface area contributed by atoms with E-state index in [4.69, 9.17) is 14.7 Å². The van der Waals surface area contributed by atoms with Gasteiger partial charge in [0.15, 0.2) is 6.17 Å². The molecular weight excluding hydrogens is 683 g/mol. The molecule has 2 aliphatic heterocycles. The van der Waals surface area contributed by atoms with Gasteiger partial charge < -0.3 is 10.1 Å². The van der Waals surface area contributed by atoms with Crippen molar-refractivity contribution in [2.24, 2.45) is 9.98 Å². The molecule has 4 nitrogen and oxygen atoms in total. The van der Waals surface area contributed by atoms with Gasteiger partial charge in [0.05, 0.1) is 5.41 Å². The van der Waals surface area contributed by atoms with Crippen molar-refractivity contribution in [3.8, 4) is 33.8 Å². The van der Waals surface area contributed by atoms with Crippen LogP contribution < -0.4 is 10.1 Å². The summed E-state index contributed by atoms with van der Waals surface area (Å²) in [5.41, 5.74) is 14.8. The SMILES string of the molecule is C1=CC2=C(CC1)c1ccccc1C21c2ccccc2Oc2cc(-c3ccccc3C3=NC(c4ccccc4-c4ccccc4)N=C(c4ccccc4)N3)ccc21. The Balaban J connectivity index is 1.07. The monoisotopic (exact) mass is 719 g/mol. The highest BCUT2D eigenvalue weighted by molar-refractivity contribution is 6.18. The van der Waals surface area contributed by atoms with Gasteiger partial charge in [0, 0.05) is 27.8 Å². The number of amidine groups is 2. The van der Waals surface area contributed by atoms with Crippen LogP contribution in [0.3, 0.4) is 0 Å². The zero-order valence-electron chi connectivity index (χ0n) is 30.7. The fraction of sp³-hybridized carbons (Fsp3) is 0.0769. The highest BCUT2D eigenvalue weighted by Gasteiger charge is 2.51. The standard InChI is InChI=1S/C52H37N3O/c1-3-17-34(18-4-1)37-21-7-9-25-41(37)50-53-49(35-19-5-2-6-20-35)54-51(55-50)42-26-10-8-22-38(42)36-31-32-46-48(33-36)56-47-30-16-15-29-45(47)52(46)43-27-13-11-23-39(43)40-24-12-14-28-44(40)52/h1-11,13-23,25-33,50H,12,24H2,(H,53,54,55). The van der Waals surface area contributed by atoms with Gasteiger partial charge in [-0.1, -0.05) is 176 Å². The van der Waals surface area contributed by atoms with E-state index in [0.717, 1.165) is 75.0 Å². The minimum atomic E-state index is -0.458. The average Bonchev–Trinajstić information content (AvgIpc) is 3.57. The predicted molar refractivity (Wildman–Crippen MR) is 227 cm³/mol. The summed E-state index contributed by atoms with van der Waals surface area (Å²) >= 11 is 0. The van der Waals surface area contributed by atoms with Gasteiger partial charge in [0.1, 0.15) is 23.2 Å². The molecule has 2 unspecified atom stereocenters. The number of para-hydroxylation sites is 1. The second-order valence-corrected chi connectivity index (χ2v) is 14.8. The summed E-state index contributed by atoms with van der Waals surface area (Å²) in [6.07, 6.45) is 6.35. The number of allylic oxidation sites excluding steroid dienone is 4. The number of nitrogens with one attached hydrogen (secondary N) is 1. The molecular formula is C52H37N3O. The van der Waals surface area contributed by atoms with Crippen LogP contribution in [0.25, 0.3) is 27.8 Å². The molecule has 2 aliphatic carbocycles. The van der Waals surface area contributed by atoms with Crippen molar-refractivity contribution in [2.45, 2.75) is 24.4 Å². The molecule has 0 radical (unpaired) electrons. The summed E-state index contributed by atoms with van der Waals surface area (Å²) in [5.74, 6) is 3.33. The van der Waals surface area contributed by atoms with Gasteiger partial charge in [-0.25, -0.2) is 9.98 Å². The van der Waals surface area contributed by atoms with E-state index in [9.17, 15) is 0 Å². The van der Waals surface area contributed by atoms with E-state index in [2.05, 4.69) is 181 Å². The highest BCUT2D eigenvalue weighted by atomic mass is 16.5. The molecule has 2 heterocycles. The Morgan fingerprint density at radius 2 is 1.12 bits per heavy atom. The maximum atomic E-state index is 6.90. The van der Waals surface area contributed by atoms with Crippen LogP contribution >= 0.6 is 0 Å². The Morgan fingerprint density at radius 3 is 1.95 bits per heavy atom. The number of rotatable bonds is 5. The topological polar surface area (TPSA) is 46.0 Å². The Kier molecular flexibility index (Phi) is 7.56. The second-order valence-electron chi connectivity index (χ2n) is 14.8. The second kappa shape index (κ2) is 13.1. The number of benzene rings is 7. The summed E-state index contributed by atoms with van der Waals surface area (Å²) in [5, 5.41) is 3.67. The van der Waals surface area contributed by atoms with Crippen molar-refractivity contribution >= 4 is 17.2 Å². The van der Waals surface area contributed by atoms with Crippen molar-refractivity contribution in [3.05, 3.63) is 233 Å². The summed E-state index contributed by atoms with van der Waals surface area (Å²) in [6, 6.07) is 62.2. The molecule has 0 saturated carbocycles. The van der Waals surface area contributed by atoms with E-state index in [1.165, 1.54) is 33.4 Å². The minimum Gasteiger partial charge on any atom is -0.457 e. The Labute approximate surface area is 326 Å². The minimum absolute atomic E-state index is 0.456. The Hall–Kier alpha value is -7.04. The summed E-state index contributed by atoms with van der Waals surface area (Å²) in [6.45, 7) is 0.